The number of rotatable bonds is 7. The van der Waals surface area contributed by atoms with Gasteiger partial charge in [-0.1, -0.05) is 45.9 Å². The quantitative estimate of drug-likeness (QED) is 0.734. The van der Waals surface area contributed by atoms with Crippen LogP contribution in [-0.4, -0.2) is 35.1 Å². The van der Waals surface area contributed by atoms with E-state index < -0.39 is 0 Å². The van der Waals surface area contributed by atoms with E-state index in [4.69, 9.17) is 4.74 Å². The van der Waals surface area contributed by atoms with E-state index in [0.717, 1.165) is 36.3 Å². The minimum Gasteiger partial charge on any atom is -0.376 e. The van der Waals surface area contributed by atoms with Gasteiger partial charge in [0.25, 0.3) is 5.91 Å². The van der Waals surface area contributed by atoms with Crippen molar-refractivity contribution >= 4 is 17.5 Å². The van der Waals surface area contributed by atoms with Crippen molar-refractivity contribution in [3.63, 3.8) is 0 Å². The van der Waals surface area contributed by atoms with Gasteiger partial charge in [-0.25, -0.2) is 9.97 Å². The SMILES string of the molecule is CC(C)c1cccc(C(C)C)c1NC(=O)c1cnc(NCC2CCCO2)nc1. The Bertz CT molecular complexity index is 770. The normalized spacial score (nSPS) is 16.6. The van der Waals surface area contributed by atoms with Crippen molar-refractivity contribution in [2.75, 3.05) is 23.8 Å². The Morgan fingerprint density at radius 1 is 1.14 bits per heavy atom. The van der Waals surface area contributed by atoms with E-state index in [0.29, 0.717) is 29.9 Å². The van der Waals surface area contributed by atoms with Crippen LogP contribution in [0.2, 0.25) is 0 Å². The molecule has 1 unspecified atom stereocenters. The highest BCUT2D eigenvalue weighted by atomic mass is 16.5. The van der Waals surface area contributed by atoms with E-state index in [-0.39, 0.29) is 12.0 Å². The molecule has 6 heteroatoms. The van der Waals surface area contributed by atoms with Gasteiger partial charge >= 0.3 is 0 Å². The second-order valence-electron chi connectivity index (χ2n) is 7.89. The molecule has 1 aromatic heterocycles. The fourth-order valence-corrected chi connectivity index (χ4v) is 3.43. The predicted molar refractivity (Wildman–Crippen MR) is 112 cm³/mol. The third kappa shape index (κ3) is 4.87. The molecule has 1 fully saturated rings. The van der Waals surface area contributed by atoms with Gasteiger partial charge in [-0.05, 0) is 35.8 Å². The fourth-order valence-electron chi connectivity index (χ4n) is 3.43. The Balaban J connectivity index is 1.71. The van der Waals surface area contributed by atoms with Gasteiger partial charge in [0.05, 0.1) is 11.7 Å². The average molecular weight is 383 g/mol. The molecule has 0 bridgehead atoms. The molecule has 2 heterocycles. The maximum absolute atomic E-state index is 12.8. The number of para-hydroxylation sites is 1. The number of aromatic nitrogens is 2. The van der Waals surface area contributed by atoms with Crippen molar-refractivity contribution in [3.05, 3.63) is 47.3 Å². The largest absolute Gasteiger partial charge is 0.376 e. The molecule has 0 saturated carbocycles. The van der Waals surface area contributed by atoms with Crippen molar-refractivity contribution in [2.24, 2.45) is 0 Å². The molecule has 1 saturated heterocycles. The summed E-state index contributed by atoms with van der Waals surface area (Å²) in [5.74, 6) is 0.947. The summed E-state index contributed by atoms with van der Waals surface area (Å²) in [4.78, 5) is 21.4. The molecule has 0 aliphatic carbocycles. The Morgan fingerprint density at radius 3 is 2.32 bits per heavy atom. The predicted octanol–water partition coefficient (Wildman–Crippen LogP) is 4.57. The van der Waals surface area contributed by atoms with Gasteiger partial charge in [-0.2, -0.15) is 0 Å². The third-order valence-electron chi connectivity index (χ3n) is 5.04. The molecule has 2 aromatic rings. The molecule has 150 valence electrons. The van der Waals surface area contributed by atoms with Gasteiger partial charge in [0, 0.05) is 31.2 Å². The number of anilines is 2. The van der Waals surface area contributed by atoms with E-state index in [1.807, 2.05) is 0 Å². The van der Waals surface area contributed by atoms with Gasteiger partial charge in [0.15, 0.2) is 0 Å². The van der Waals surface area contributed by atoms with Crippen LogP contribution in [0, 0.1) is 0 Å². The summed E-state index contributed by atoms with van der Waals surface area (Å²) >= 11 is 0. The number of nitrogens with zero attached hydrogens (tertiary/aromatic N) is 2. The number of hydrogen-bond acceptors (Lipinski definition) is 5. The van der Waals surface area contributed by atoms with Crippen LogP contribution in [0.3, 0.4) is 0 Å². The number of hydrogen-bond donors (Lipinski definition) is 2. The Kier molecular flexibility index (Phi) is 6.62. The molecule has 3 rings (SSSR count). The third-order valence-corrected chi connectivity index (χ3v) is 5.04. The highest BCUT2D eigenvalue weighted by Crippen LogP contribution is 2.32. The van der Waals surface area contributed by atoms with Crippen molar-refractivity contribution < 1.29 is 9.53 Å². The zero-order valence-electron chi connectivity index (χ0n) is 17.2. The highest BCUT2D eigenvalue weighted by molar-refractivity contribution is 6.04. The van der Waals surface area contributed by atoms with E-state index in [9.17, 15) is 4.79 Å². The fraction of sp³-hybridized carbons (Fsp3) is 0.500. The zero-order chi connectivity index (χ0) is 20.1. The summed E-state index contributed by atoms with van der Waals surface area (Å²) in [6.45, 7) is 10.0. The first kappa shape index (κ1) is 20.3. The van der Waals surface area contributed by atoms with Crippen LogP contribution >= 0.6 is 0 Å². The maximum atomic E-state index is 12.8. The van der Waals surface area contributed by atoms with Gasteiger partial charge in [-0.15, -0.1) is 0 Å². The van der Waals surface area contributed by atoms with Crippen LogP contribution < -0.4 is 10.6 Å². The highest BCUT2D eigenvalue weighted by Gasteiger charge is 2.18. The standard InChI is InChI=1S/C22H30N4O2/c1-14(2)18-8-5-9-19(15(3)4)20(18)26-21(27)16-11-23-22(24-12-16)25-13-17-7-6-10-28-17/h5,8-9,11-12,14-15,17H,6-7,10,13H2,1-4H3,(H,26,27)(H,23,24,25). The van der Waals surface area contributed by atoms with Crippen LogP contribution in [0.15, 0.2) is 30.6 Å². The summed E-state index contributed by atoms with van der Waals surface area (Å²) in [6.07, 6.45) is 5.50. The molecule has 0 radical (unpaired) electrons. The Hall–Kier alpha value is -2.47. The summed E-state index contributed by atoms with van der Waals surface area (Å²) in [5, 5.41) is 6.27. The van der Waals surface area contributed by atoms with Crippen molar-refractivity contribution in [2.45, 2.75) is 58.5 Å². The topological polar surface area (TPSA) is 76.1 Å². The summed E-state index contributed by atoms with van der Waals surface area (Å²) in [7, 11) is 0. The molecular formula is C22H30N4O2. The number of amides is 1. The van der Waals surface area contributed by atoms with Crippen LogP contribution in [0.1, 0.15) is 73.9 Å². The van der Waals surface area contributed by atoms with Crippen LogP contribution in [0.4, 0.5) is 11.6 Å². The van der Waals surface area contributed by atoms with Crippen LogP contribution in [0.5, 0.6) is 0 Å². The molecule has 1 aromatic carbocycles. The van der Waals surface area contributed by atoms with E-state index in [2.05, 4.69) is 66.5 Å². The molecule has 1 amide bonds. The number of benzene rings is 1. The molecule has 0 spiro atoms. The Morgan fingerprint density at radius 2 is 1.79 bits per heavy atom. The molecule has 1 aliphatic rings. The number of carbonyl (C=O) groups excluding carboxylic acids is 1. The lowest BCUT2D eigenvalue weighted by Gasteiger charge is -2.20. The molecule has 1 atom stereocenters. The first-order valence-corrected chi connectivity index (χ1v) is 10.1. The van der Waals surface area contributed by atoms with Gasteiger partial charge in [0.2, 0.25) is 5.95 Å². The number of ether oxygens (including phenoxy) is 1. The van der Waals surface area contributed by atoms with Crippen molar-refractivity contribution in [3.8, 4) is 0 Å². The smallest absolute Gasteiger partial charge is 0.258 e. The van der Waals surface area contributed by atoms with E-state index >= 15 is 0 Å². The lowest BCUT2D eigenvalue weighted by atomic mass is 9.92. The van der Waals surface area contributed by atoms with E-state index in [1.165, 1.54) is 0 Å². The number of carbonyl (C=O) groups is 1. The van der Waals surface area contributed by atoms with Gasteiger partial charge in [0.1, 0.15) is 0 Å². The average Bonchev–Trinajstić information content (AvgIpc) is 3.20. The molecule has 28 heavy (non-hydrogen) atoms. The zero-order valence-corrected chi connectivity index (χ0v) is 17.2. The first-order valence-electron chi connectivity index (χ1n) is 10.1. The molecule has 6 nitrogen and oxygen atoms in total. The lowest BCUT2D eigenvalue weighted by molar-refractivity contribution is 0.102. The lowest BCUT2D eigenvalue weighted by Crippen LogP contribution is -2.20. The van der Waals surface area contributed by atoms with Gasteiger partial charge in [-0.3, -0.25) is 4.79 Å². The van der Waals surface area contributed by atoms with Gasteiger partial charge < -0.3 is 15.4 Å². The Labute approximate surface area is 167 Å². The van der Waals surface area contributed by atoms with Crippen LogP contribution in [-0.2, 0) is 4.74 Å². The second-order valence-corrected chi connectivity index (χ2v) is 7.89. The second kappa shape index (κ2) is 9.15. The summed E-state index contributed by atoms with van der Waals surface area (Å²) in [5.41, 5.74) is 3.61. The monoisotopic (exact) mass is 382 g/mol. The molecule has 2 N–H and O–H groups in total. The van der Waals surface area contributed by atoms with Crippen LogP contribution in [0.25, 0.3) is 0 Å². The minimum absolute atomic E-state index is 0.194. The van der Waals surface area contributed by atoms with Crippen molar-refractivity contribution in [1.29, 1.82) is 0 Å². The number of nitrogens with one attached hydrogen (secondary N) is 2. The summed E-state index contributed by atoms with van der Waals surface area (Å²) in [6, 6.07) is 6.19. The minimum atomic E-state index is -0.194. The van der Waals surface area contributed by atoms with E-state index in [1.54, 1.807) is 12.4 Å². The maximum Gasteiger partial charge on any atom is 0.258 e. The molecular weight excluding hydrogens is 352 g/mol. The first-order chi connectivity index (χ1) is 13.5. The van der Waals surface area contributed by atoms with Crippen molar-refractivity contribution in [1.82, 2.24) is 9.97 Å². The molecule has 1 aliphatic heterocycles. The summed E-state index contributed by atoms with van der Waals surface area (Å²) < 4.78 is 5.58.